The van der Waals surface area contributed by atoms with Crippen LogP contribution in [0.15, 0.2) is 36.5 Å². The zero-order valence-corrected chi connectivity index (χ0v) is 14.6. The standard InChI is InChI=1S/C19H22FN5O/c20-18-5-1-4-15-6-7-16(21-19(15)18)11-24-8-2-3-14(9-24)10-25-12-17(13-26)22-23-25/h1,4-7,12,14,26H,2-3,8-11,13H2/t14-/m1/s1. The molecule has 6 nitrogen and oxygen atoms in total. The quantitative estimate of drug-likeness (QED) is 0.761. The second kappa shape index (κ2) is 7.47. The Morgan fingerprint density at radius 2 is 2.12 bits per heavy atom. The number of nitrogens with zero attached hydrogens (tertiary/aromatic N) is 5. The molecule has 1 aromatic carbocycles. The summed E-state index contributed by atoms with van der Waals surface area (Å²) in [6, 6.07) is 8.96. The highest BCUT2D eigenvalue weighted by Crippen LogP contribution is 2.21. The van der Waals surface area contributed by atoms with Gasteiger partial charge in [0.2, 0.25) is 0 Å². The fourth-order valence-electron chi connectivity index (χ4n) is 3.68. The number of fused-ring (bicyclic) bond motifs is 1. The van der Waals surface area contributed by atoms with Crippen molar-refractivity contribution in [2.45, 2.75) is 32.5 Å². The molecule has 0 radical (unpaired) electrons. The first-order valence-corrected chi connectivity index (χ1v) is 8.97. The van der Waals surface area contributed by atoms with E-state index in [-0.39, 0.29) is 12.4 Å². The summed E-state index contributed by atoms with van der Waals surface area (Å²) >= 11 is 0. The summed E-state index contributed by atoms with van der Waals surface area (Å²) in [7, 11) is 0. The Morgan fingerprint density at radius 3 is 2.96 bits per heavy atom. The first-order chi connectivity index (χ1) is 12.7. The van der Waals surface area contributed by atoms with Crippen LogP contribution < -0.4 is 0 Å². The van der Waals surface area contributed by atoms with Crippen molar-refractivity contribution in [3.8, 4) is 0 Å². The van der Waals surface area contributed by atoms with Gasteiger partial charge in [-0.3, -0.25) is 9.58 Å². The predicted octanol–water partition coefficient (Wildman–Crippen LogP) is 2.37. The molecule has 3 heterocycles. The number of rotatable bonds is 5. The molecule has 136 valence electrons. The molecule has 0 unspecified atom stereocenters. The molecule has 1 N–H and O–H groups in total. The molecule has 1 aliphatic heterocycles. The van der Waals surface area contributed by atoms with E-state index in [1.54, 1.807) is 12.3 Å². The molecule has 1 saturated heterocycles. The summed E-state index contributed by atoms with van der Waals surface area (Å²) in [5, 5.41) is 17.9. The van der Waals surface area contributed by atoms with Crippen LogP contribution in [0.4, 0.5) is 4.39 Å². The minimum absolute atomic E-state index is 0.0824. The molecule has 1 fully saturated rings. The van der Waals surface area contributed by atoms with Crippen LogP contribution in [0.2, 0.25) is 0 Å². The Bertz CT molecular complexity index is 897. The highest BCUT2D eigenvalue weighted by atomic mass is 19.1. The summed E-state index contributed by atoms with van der Waals surface area (Å²) in [5.74, 6) is 0.209. The van der Waals surface area contributed by atoms with Crippen LogP contribution in [0.5, 0.6) is 0 Å². The van der Waals surface area contributed by atoms with E-state index in [0.717, 1.165) is 50.1 Å². The summed E-state index contributed by atoms with van der Waals surface area (Å²) in [4.78, 5) is 6.89. The van der Waals surface area contributed by atoms with E-state index in [0.29, 0.717) is 17.1 Å². The van der Waals surface area contributed by atoms with Crippen molar-refractivity contribution in [1.29, 1.82) is 0 Å². The van der Waals surface area contributed by atoms with Gasteiger partial charge >= 0.3 is 0 Å². The van der Waals surface area contributed by atoms with Gasteiger partial charge in [0.1, 0.15) is 17.0 Å². The zero-order valence-electron chi connectivity index (χ0n) is 14.6. The van der Waals surface area contributed by atoms with Crippen LogP contribution in [-0.2, 0) is 19.7 Å². The first-order valence-electron chi connectivity index (χ1n) is 8.97. The van der Waals surface area contributed by atoms with Gasteiger partial charge in [0.05, 0.1) is 18.5 Å². The molecular formula is C19H22FN5O. The number of aromatic nitrogens is 4. The van der Waals surface area contributed by atoms with Gasteiger partial charge in [-0.2, -0.15) is 0 Å². The van der Waals surface area contributed by atoms with Crippen LogP contribution in [0.3, 0.4) is 0 Å². The number of hydrogen-bond donors (Lipinski definition) is 1. The summed E-state index contributed by atoms with van der Waals surface area (Å²) in [5.41, 5.74) is 1.93. The molecule has 1 aliphatic rings. The number of hydrogen-bond acceptors (Lipinski definition) is 5. The number of halogens is 1. The Balaban J connectivity index is 1.42. The van der Waals surface area contributed by atoms with Gasteiger partial charge in [0.25, 0.3) is 0 Å². The fourth-order valence-corrected chi connectivity index (χ4v) is 3.68. The maximum atomic E-state index is 14.0. The molecule has 0 spiro atoms. The smallest absolute Gasteiger partial charge is 0.149 e. The lowest BCUT2D eigenvalue weighted by atomic mass is 9.98. The van der Waals surface area contributed by atoms with Crippen LogP contribution >= 0.6 is 0 Å². The fraction of sp³-hybridized carbons (Fsp3) is 0.421. The Hall–Kier alpha value is -2.38. The van der Waals surface area contributed by atoms with Crippen molar-refractivity contribution in [2.24, 2.45) is 5.92 Å². The van der Waals surface area contributed by atoms with E-state index in [1.807, 2.05) is 22.9 Å². The second-order valence-electron chi connectivity index (χ2n) is 6.95. The molecule has 3 aromatic rings. The van der Waals surface area contributed by atoms with Crippen molar-refractivity contribution in [3.63, 3.8) is 0 Å². The average molecular weight is 355 g/mol. The third-order valence-corrected chi connectivity index (χ3v) is 4.91. The normalized spacial score (nSPS) is 18.5. The molecule has 26 heavy (non-hydrogen) atoms. The van der Waals surface area contributed by atoms with Gasteiger partial charge in [-0.1, -0.05) is 23.4 Å². The lowest BCUT2D eigenvalue weighted by molar-refractivity contribution is 0.151. The highest BCUT2D eigenvalue weighted by molar-refractivity contribution is 5.79. The van der Waals surface area contributed by atoms with Gasteiger partial charge < -0.3 is 5.11 Å². The van der Waals surface area contributed by atoms with E-state index >= 15 is 0 Å². The number of para-hydroxylation sites is 1. The lowest BCUT2D eigenvalue weighted by Gasteiger charge is -2.32. The first kappa shape index (κ1) is 17.1. The SMILES string of the molecule is OCc1cn(C[C@@H]2CCCN(Cc3ccc4cccc(F)c4n3)C2)nn1. The zero-order chi connectivity index (χ0) is 17.9. The minimum Gasteiger partial charge on any atom is -0.390 e. The highest BCUT2D eigenvalue weighted by Gasteiger charge is 2.21. The second-order valence-corrected chi connectivity index (χ2v) is 6.95. The molecule has 7 heteroatoms. The Kier molecular flexibility index (Phi) is 4.90. The van der Waals surface area contributed by atoms with Gasteiger partial charge in [0.15, 0.2) is 0 Å². The molecule has 0 amide bonds. The topological polar surface area (TPSA) is 67.1 Å². The van der Waals surface area contributed by atoms with Gasteiger partial charge in [-0.05, 0) is 37.4 Å². The third kappa shape index (κ3) is 3.73. The lowest BCUT2D eigenvalue weighted by Crippen LogP contribution is -2.36. The van der Waals surface area contributed by atoms with Crippen LogP contribution in [0, 0.1) is 11.7 Å². The van der Waals surface area contributed by atoms with E-state index in [4.69, 9.17) is 5.11 Å². The molecule has 2 aromatic heterocycles. The number of aliphatic hydroxyl groups excluding tert-OH is 1. The van der Waals surface area contributed by atoms with Crippen LogP contribution in [0.1, 0.15) is 24.2 Å². The number of pyridine rings is 1. The van der Waals surface area contributed by atoms with Crippen molar-refractivity contribution < 1.29 is 9.50 Å². The van der Waals surface area contributed by atoms with Crippen molar-refractivity contribution in [1.82, 2.24) is 24.9 Å². The van der Waals surface area contributed by atoms with Gasteiger partial charge in [0, 0.05) is 25.0 Å². The van der Waals surface area contributed by atoms with E-state index in [2.05, 4.69) is 20.2 Å². The van der Waals surface area contributed by atoms with E-state index in [9.17, 15) is 4.39 Å². The van der Waals surface area contributed by atoms with Crippen LogP contribution in [0.25, 0.3) is 10.9 Å². The molecular weight excluding hydrogens is 333 g/mol. The average Bonchev–Trinajstić information content (AvgIpc) is 3.10. The Labute approximate surface area is 151 Å². The third-order valence-electron chi connectivity index (χ3n) is 4.91. The van der Waals surface area contributed by atoms with Crippen molar-refractivity contribution >= 4 is 10.9 Å². The van der Waals surface area contributed by atoms with E-state index in [1.165, 1.54) is 6.07 Å². The molecule has 0 saturated carbocycles. The maximum Gasteiger partial charge on any atom is 0.149 e. The maximum absolute atomic E-state index is 14.0. The number of likely N-dealkylation sites (tertiary alicyclic amines) is 1. The number of piperidine rings is 1. The number of benzene rings is 1. The minimum atomic E-state index is -0.272. The van der Waals surface area contributed by atoms with Crippen LogP contribution in [-0.4, -0.2) is 43.1 Å². The number of aliphatic hydroxyl groups is 1. The van der Waals surface area contributed by atoms with Crippen molar-refractivity contribution in [3.05, 3.63) is 53.7 Å². The summed E-state index contributed by atoms with van der Waals surface area (Å²) in [6.45, 7) is 3.41. The summed E-state index contributed by atoms with van der Waals surface area (Å²) < 4.78 is 15.8. The molecule has 4 rings (SSSR count). The van der Waals surface area contributed by atoms with E-state index < -0.39 is 0 Å². The summed E-state index contributed by atoms with van der Waals surface area (Å²) in [6.07, 6.45) is 4.06. The van der Waals surface area contributed by atoms with Gasteiger partial charge in [-0.25, -0.2) is 9.37 Å². The molecule has 0 bridgehead atoms. The molecule has 1 atom stereocenters. The Morgan fingerprint density at radius 1 is 1.19 bits per heavy atom. The predicted molar refractivity (Wildman–Crippen MR) is 95.6 cm³/mol. The monoisotopic (exact) mass is 355 g/mol. The largest absolute Gasteiger partial charge is 0.390 e. The van der Waals surface area contributed by atoms with Crippen molar-refractivity contribution in [2.75, 3.05) is 13.1 Å². The van der Waals surface area contributed by atoms with Gasteiger partial charge in [-0.15, -0.1) is 5.10 Å². The molecule has 0 aliphatic carbocycles.